The van der Waals surface area contributed by atoms with Crippen LogP contribution in [0, 0.1) is 0 Å². The van der Waals surface area contributed by atoms with E-state index in [1.165, 1.54) is 4.90 Å². The largest absolute Gasteiger partial charge is 0.457 e. The lowest BCUT2D eigenvalue weighted by Gasteiger charge is -2.25. The van der Waals surface area contributed by atoms with Gasteiger partial charge in [-0.05, 0) is 31.2 Å². The Balaban J connectivity index is 2.29. The van der Waals surface area contributed by atoms with Gasteiger partial charge in [-0.3, -0.25) is 4.79 Å². The maximum absolute atomic E-state index is 12.4. The highest BCUT2D eigenvalue weighted by Crippen LogP contribution is 2.32. The first-order valence-electron chi connectivity index (χ1n) is 7.24. The number of nitrogens with zero attached hydrogens (tertiary/aromatic N) is 1. The Hall–Kier alpha value is -1.68. The molecule has 0 heterocycles. The first-order chi connectivity index (χ1) is 11.4. The van der Waals surface area contributed by atoms with Crippen molar-refractivity contribution in [3.63, 3.8) is 0 Å². The summed E-state index contributed by atoms with van der Waals surface area (Å²) in [6.07, 6.45) is 3.63. The van der Waals surface area contributed by atoms with E-state index in [0.29, 0.717) is 17.2 Å². The monoisotopic (exact) mass is 383 g/mol. The van der Waals surface area contributed by atoms with Crippen LogP contribution >= 0.6 is 34.8 Å². The predicted molar refractivity (Wildman–Crippen MR) is 100 cm³/mol. The molecule has 0 aliphatic rings. The number of halogens is 3. The number of alkyl halides is 3. The van der Waals surface area contributed by atoms with Crippen LogP contribution in [-0.2, 0) is 4.79 Å². The van der Waals surface area contributed by atoms with Crippen LogP contribution in [0.3, 0.4) is 0 Å². The van der Waals surface area contributed by atoms with Crippen LogP contribution in [-0.4, -0.2) is 16.2 Å². The van der Waals surface area contributed by atoms with Crippen molar-refractivity contribution in [1.29, 1.82) is 0 Å². The number of rotatable bonds is 5. The summed E-state index contributed by atoms with van der Waals surface area (Å²) in [5.74, 6) is 0.658. The van der Waals surface area contributed by atoms with Gasteiger partial charge in [-0.1, -0.05) is 71.2 Å². The van der Waals surface area contributed by atoms with Crippen molar-refractivity contribution in [1.82, 2.24) is 0 Å². The van der Waals surface area contributed by atoms with Gasteiger partial charge in [-0.25, -0.2) is 0 Å². The molecule has 3 nitrogen and oxygen atoms in total. The number of para-hydroxylation sites is 1. The number of ether oxygens (including phenoxy) is 1. The molecular formula is C18H16Cl3NO2. The third-order valence-electron chi connectivity index (χ3n) is 3.12. The number of hydrogen-bond acceptors (Lipinski definition) is 2. The molecule has 2 aromatic carbocycles. The SMILES string of the molecule is CC=CCN(C(=O)C(Cl)(Cl)Cl)c1cccc(Oc2ccccc2)c1. The molecule has 2 aromatic rings. The Bertz CT molecular complexity index is 712. The Kier molecular flexibility index (Phi) is 6.55. The number of carbonyl (C=O) groups excluding carboxylic acids is 1. The molecule has 0 atom stereocenters. The van der Waals surface area contributed by atoms with E-state index in [9.17, 15) is 4.79 Å². The van der Waals surface area contributed by atoms with E-state index in [-0.39, 0.29) is 6.54 Å². The van der Waals surface area contributed by atoms with Gasteiger partial charge in [0, 0.05) is 18.3 Å². The molecular weight excluding hydrogens is 369 g/mol. The Morgan fingerprint density at radius 2 is 1.75 bits per heavy atom. The van der Waals surface area contributed by atoms with Gasteiger partial charge in [-0.15, -0.1) is 0 Å². The van der Waals surface area contributed by atoms with E-state index in [1.54, 1.807) is 30.3 Å². The number of carbonyl (C=O) groups is 1. The van der Waals surface area contributed by atoms with Gasteiger partial charge in [0.05, 0.1) is 0 Å². The van der Waals surface area contributed by atoms with E-state index < -0.39 is 9.70 Å². The van der Waals surface area contributed by atoms with Crippen molar-refractivity contribution in [3.05, 3.63) is 66.7 Å². The first kappa shape index (κ1) is 18.7. The van der Waals surface area contributed by atoms with Gasteiger partial charge in [0.2, 0.25) is 0 Å². The Labute approximate surface area is 156 Å². The summed E-state index contributed by atoms with van der Waals surface area (Å²) < 4.78 is 3.75. The van der Waals surface area contributed by atoms with E-state index in [2.05, 4.69) is 0 Å². The van der Waals surface area contributed by atoms with Gasteiger partial charge in [-0.2, -0.15) is 0 Å². The van der Waals surface area contributed by atoms with Crippen LogP contribution in [0.15, 0.2) is 66.7 Å². The molecule has 0 saturated heterocycles. The molecule has 126 valence electrons. The highest BCUT2D eigenvalue weighted by atomic mass is 35.6. The molecule has 6 heteroatoms. The summed E-state index contributed by atoms with van der Waals surface area (Å²) in [7, 11) is 0. The molecule has 0 aromatic heterocycles. The van der Waals surface area contributed by atoms with Crippen molar-refractivity contribution in [3.8, 4) is 11.5 Å². The molecule has 0 radical (unpaired) electrons. The summed E-state index contributed by atoms with van der Waals surface area (Å²) in [6.45, 7) is 2.14. The average Bonchev–Trinajstić information content (AvgIpc) is 2.55. The fraction of sp³-hybridized carbons (Fsp3) is 0.167. The van der Waals surface area contributed by atoms with Gasteiger partial charge in [0.25, 0.3) is 9.70 Å². The first-order valence-corrected chi connectivity index (χ1v) is 8.38. The molecule has 0 fully saturated rings. The van der Waals surface area contributed by atoms with Crippen molar-refractivity contribution in [2.24, 2.45) is 0 Å². The third-order valence-corrected chi connectivity index (χ3v) is 3.60. The summed E-state index contributed by atoms with van der Waals surface area (Å²) >= 11 is 17.3. The van der Waals surface area contributed by atoms with Crippen LogP contribution in [0.4, 0.5) is 5.69 Å². The summed E-state index contributed by atoms with van der Waals surface area (Å²) in [4.78, 5) is 13.8. The van der Waals surface area contributed by atoms with Gasteiger partial charge >= 0.3 is 0 Å². The number of amides is 1. The van der Waals surface area contributed by atoms with Crippen LogP contribution in [0.5, 0.6) is 11.5 Å². The molecule has 0 spiro atoms. The molecule has 0 unspecified atom stereocenters. The Morgan fingerprint density at radius 3 is 2.38 bits per heavy atom. The van der Waals surface area contributed by atoms with Crippen molar-refractivity contribution in [2.45, 2.75) is 10.7 Å². The second kappa shape index (κ2) is 8.43. The normalized spacial score (nSPS) is 11.5. The number of benzene rings is 2. The lowest BCUT2D eigenvalue weighted by atomic mass is 10.2. The zero-order chi connectivity index (χ0) is 17.6. The zero-order valence-corrected chi connectivity index (χ0v) is 15.2. The number of anilines is 1. The molecule has 24 heavy (non-hydrogen) atoms. The van der Waals surface area contributed by atoms with E-state index >= 15 is 0 Å². The highest BCUT2D eigenvalue weighted by Gasteiger charge is 2.35. The molecule has 0 aliphatic carbocycles. The van der Waals surface area contributed by atoms with Crippen LogP contribution < -0.4 is 9.64 Å². The summed E-state index contributed by atoms with van der Waals surface area (Å²) in [5.41, 5.74) is 0.581. The lowest BCUT2D eigenvalue weighted by Crippen LogP contribution is -2.39. The summed E-state index contributed by atoms with van der Waals surface area (Å²) in [6, 6.07) is 16.4. The van der Waals surface area contributed by atoms with Crippen molar-refractivity contribution < 1.29 is 9.53 Å². The van der Waals surface area contributed by atoms with Gasteiger partial charge < -0.3 is 9.64 Å². The van der Waals surface area contributed by atoms with Gasteiger partial charge in [0.15, 0.2) is 0 Å². The minimum Gasteiger partial charge on any atom is -0.457 e. The minimum atomic E-state index is -2.03. The second-order valence-electron chi connectivity index (χ2n) is 4.90. The number of hydrogen-bond donors (Lipinski definition) is 0. The molecule has 2 rings (SSSR count). The fourth-order valence-electron chi connectivity index (χ4n) is 2.01. The zero-order valence-electron chi connectivity index (χ0n) is 13.0. The Morgan fingerprint density at radius 1 is 1.08 bits per heavy atom. The molecule has 0 N–H and O–H groups in total. The van der Waals surface area contributed by atoms with E-state index in [1.807, 2.05) is 43.3 Å². The van der Waals surface area contributed by atoms with Gasteiger partial charge in [0.1, 0.15) is 11.5 Å². The minimum absolute atomic E-state index is 0.290. The van der Waals surface area contributed by atoms with E-state index in [0.717, 1.165) is 0 Å². The average molecular weight is 385 g/mol. The van der Waals surface area contributed by atoms with Crippen LogP contribution in [0.25, 0.3) is 0 Å². The van der Waals surface area contributed by atoms with Crippen molar-refractivity contribution in [2.75, 3.05) is 11.4 Å². The third kappa shape index (κ3) is 5.17. The molecule has 0 bridgehead atoms. The molecule has 0 aliphatic heterocycles. The molecule has 0 saturated carbocycles. The lowest BCUT2D eigenvalue weighted by molar-refractivity contribution is -0.117. The van der Waals surface area contributed by atoms with Crippen LogP contribution in [0.1, 0.15) is 6.92 Å². The smallest absolute Gasteiger partial charge is 0.279 e. The second-order valence-corrected chi connectivity index (χ2v) is 7.18. The summed E-state index contributed by atoms with van der Waals surface area (Å²) in [5, 5.41) is 0. The maximum Gasteiger partial charge on any atom is 0.279 e. The predicted octanol–water partition coefficient (Wildman–Crippen LogP) is 5.76. The fourth-order valence-corrected chi connectivity index (χ4v) is 2.31. The number of allylic oxidation sites excluding steroid dienone is 1. The quantitative estimate of drug-likeness (QED) is 0.484. The highest BCUT2D eigenvalue weighted by molar-refractivity contribution is 6.77. The van der Waals surface area contributed by atoms with Crippen LogP contribution in [0.2, 0.25) is 0 Å². The maximum atomic E-state index is 12.4. The topological polar surface area (TPSA) is 29.5 Å². The van der Waals surface area contributed by atoms with Crippen molar-refractivity contribution >= 4 is 46.4 Å². The van der Waals surface area contributed by atoms with E-state index in [4.69, 9.17) is 39.5 Å². The standard InChI is InChI=1S/C18H16Cl3NO2/c1-2-3-12-22(17(23)18(19,20)21)14-8-7-11-16(13-14)24-15-9-5-4-6-10-15/h2-11,13H,12H2,1H3. The molecule has 1 amide bonds.